The van der Waals surface area contributed by atoms with Gasteiger partial charge in [0.2, 0.25) is 11.8 Å². The molecule has 2 aromatic rings. The Kier molecular flexibility index (Phi) is 6.71. The third kappa shape index (κ3) is 5.85. The van der Waals surface area contributed by atoms with E-state index in [1.165, 1.54) is 36.4 Å². The van der Waals surface area contributed by atoms with Crippen molar-refractivity contribution in [2.24, 2.45) is 0 Å². The molecule has 3 rings (SSSR count). The molecule has 0 spiro atoms. The first-order valence-corrected chi connectivity index (χ1v) is 9.29. The lowest BCUT2D eigenvalue weighted by Gasteiger charge is -2.34. The molecule has 28 heavy (non-hydrogen) atoms. The first-order valence-electron chi connectivity index (χ1n) is 9.29. The molecular formula is C21H23F2N3O2. The maximum absolute atomic E-state index is 12.9. The lowest BCUT2D eigenvalue weighted by molar-refractivity contribution is -0.133. The Hall–Kier alpha value is -2.80. The van der Waals surface area contributed by atoms with Gasteiger partial charge in [0.25, 0.3) is 0 Å². The van der Waals surface area contributed by atoms with Crippen LogP contribution in [0.2, 0.25) is 0 Å². The zero-order chi connectivity index (χ0) is 19.9. The number of amides is 2. The molecule has 2 amide bonds. The van der Waals surface area contributed by atoms with Gasteiger partial charge in [0, 0.05) is 38.3 Å². The number of nitrogens with one attached hydrogen (secondary N) is 1. The van der Waals surface area contributed by atoms with Crippen LogP contribution in [-0.4, -0.2) is 54.3 Å². The second-order valence-electron chi connectivity index (χ2n) is 6.84. The Labute approximate surface area is 162 Å². The quantitative estimate of drug-likeness (QED) is 0.829. The van der Waals surface area contributed by atoms with Crippen LogP contribution in [0.3, 0.4) is 0 Å². The van der Waals surface area contributed by atoms with Gasteiger partial charge in [-0.05, 0) is 48.4 Å². The lowest BCUT2D eigenvalue weighted by Crippen LogP contribution is -2.50. The number of nitrogens with zero attached hydrogens (tertiary/aromatic N) is 2. The molecule has 1 aliphatic heterocycles. The highest BCUT2D eigenvalue weighted by Crippen LogP contribution is 2.11. The molecule has 0 bridgehead atoms. The summed E-state index contributed by atoms with van der Waals surface area (Å²) >= 11 is 0. The minimum absolute atomic E-state index is 0.0692. The minimum Gasteiger partial charge on any atom is -0.340 e. The van der Waals surface area contributed by atoms with Gasteiger partial charge < -0.3 is 10.2 Å². The number of aryl methyl sites for hydroxylation is 1. The summed E-state index contributed by atoms with van der Waals surface area (Å²) < 4.78 is 25.8. The minimum atomic E-state index is -0.349. The standard InChI is InChI=1S/C21H23F2N3O2/c22-17-4-1-16(2-5-17)3-10-21(28)26-13-11-25(12-14-26)15-20(27)24-19-8-6-18(23)7-9-19/h1-2,4-9H,3,10-15H2,(H,24,27). The summed E-state index contributed by atoms with van der Waals surface area (Å²) in [5, 5.41) is 2.74. The Morgan fingerprint density at radius 3 is 2.04 bits per heavy atom. The fourth-order valence-electron chi connectivity index (χ4n) is 3.15. The van der Waals surface area contributed by atoms with Gasteiger partial charge in [0.1, 0.15) is 11.6 Å². The number of carbonyl (C=O) groups is 2. The van der Waals surface area contributed by atoms with Crippen LogP contribution in [0.25, 0.3) is 0 Å². The molecule has 1 heterocycles. The van der Waals surface area contributed by atoms with E-state index in [1.54, 1.807) is 17.0 Å². The maximum Gasteiger partial charge on any atom is 0.238 e. The van der Waals surface area contributed by atoms with Crippen molar-refractivity contribution >= 4 is 17.5 Å². The van der Waals surface area contributed by atoms with Crippen molar-refractivity contribution < 1.29 is 18.4 Å². The molecular weight excluding hydrogens is 364 g/mol. The van der Waals surface area contributed by atoms with Crippen LogP contribution in [0.1, 0.15) is 12.0 Å². The van der Waals surface area contributed by atoms with Crippen molar-refractivity contribution in [3.8, 4) is 0 Å². The Morgan fingerprint density at radius 2 is 1.43 bits per heavy atom. The Balaban J connectivity index is 1.38. The molecule has 1 aliphatic rings. The summed E-state index contributed by atoms with van der Waals surface area (Å²) in [6, 6.07) is 11.8. The van der Waals surface area contributed by atoms with Crippen LogP contribution in [0.5, 0.6) is 0 Å². The lowest BCUT2D eigenvalue weighted by atomic mass is 10.1. The average molecular weight is 387 g/mol. The van der Waals surface area contributed by atoms with Gasteiger partial charge in [-0.3, -0.25) is 14.5 Å². The monoisotopic (exact) mass is 387 g/mol. The van der Waals surface area contributed by atoms with Crippen molar-refractivity contribution in [3.63, 3.8) is 0 Å². The highest BCUT2D eigenvalue weighted by molar-refractivity contribution is 5.92. The topological polar surface area (TPSA) is 52.7 Å². The van der Waals surface area contributed by atoms with Gasteiger partial charge in [-0.1, -0.05) is 12.1 Å². The molecule has 0 saturated carbocycles. The van der Waals surface area contributed by atoms with E-state index in [0.29, 0.717) is 44.7 Å². The van der Waals surface area contributed by atoms with Crippen LogP contribution in [-0.2, 0) is 16.0 Å². The summed E-state index contributed by atoms with van der Waals surface area (Å²) in [4.78, 5) is 28.3. The molecule has 0 atom stereocenters. The van der Waals surface area contributed by atoms with Crippen molar-refractivity contribution in [2.75, 3.05) is 38.0 Å². The van der Waals surface area contributed by atoms with Crippen LogP contribution in [0.15, 0.2) is 48.5 Å². The number of anilines is 1. The highest BCUT2D eigenvalue weighted by atomic mass is 19.1. The number of carbonyl (C=O) groups excluding carboxylic acids is 2. The molecule has 7 heteroatoms. The van der Waals surface area contributed by atoms with Crippen LogP contribution in [0, 0.1) is 11.6 Å². The summed E-state index contributed by atoms with van der Waals surface area (Å²) in [7, 11) is 0. The van der Waals surface area contributed by atoms with Gasteiger partial charge >= 0.3 is 0 Å². The zero-order valence-corrected chi connectivity index (χ0v) is 15.5. The fraction of sp³-hybridized carbons (Fsp3) is 0.333. The van der Waals surface area contributed by atoms with Gasteiger partial charge in [-0.15, -0.1) is 0 Å². The van der Waals surface area contributed by atoms with Gasteiger partial charge in [-0.25, -0.2) is 8.78 Å². The van der Waals surface area contributed by atoms with Gasteiger partial charge in [0.05, 0.1) is 6.54 Å². The van der Waals surface area contributed by atoms with Crippen molar-refractivity contribution in [1.29, 1.82) is 0 Å². The molecule has 148 valence electrons. The maximum atomic E-state index is 12.9. The number of hydrogen-bond donors (Lipinski definition) is 1. The van der Waals surface area contributed by atoms with E-state index in [4.69, 9.17) is 0 Å². The fourth-order valence-corrected chi connectivity index (χ4v) is 3.15. The second-order valence-corrected chi connectivity index (χ2v) is 6.84. The first-order chi connectivity index (χ1) is 13.5. The highest BCUT2D eigenvalue weighted by Gasteiger charge is 2.22. The van der Waals surface area contributed by atoms with Gasteiger partial charge in [0.15, 0.2) is 0 Å². The van der Waals surface area contributed by atoms with Crippen molar-refractivity contribution in [2.45, 2.75) is 12.8 Å². The van der Waals surface area contributed by atoms with E-state index < -0.39 is 0 Å². The number of rotatable bonds is 6. The molecule has 0 aliphatic carbocycles. The van der Waals surface area contributed by atoms with Gasteiger partial charge in [-0.2, -0.15) is 0 Å². The SMILES string of the molecule is O=C(CN1CCN(C(=O)CCc2ccc(F)cc2)CC1)Nc1ccc(F)cc1. The second kappa shape index (κ2) is 9.41. The van der Waals surface area contributed by atoms with Crippen molar-refractivity contribution in [1.82, 2.24) is 9.80 Å². The molecule has 0 radical (unpaired) electrons. The molecule has 1 fully saturated rings. The van der Waals surface area contributed by atoms with Crippen LogP contribution >= 0.6 is 0 Å². The normalized spacial score (nSPS) is 14.7. The molecule has 5 nitrogen and oxygen atoms in total. The summed E-state index contributed by atoms with van der Waals surface area (Å²) in [5.74, 6) is -0.727. The Bertz CT molecular complexity index is 801. The molecule has 2 aromatic carbocycles. The van der Waals surface area contributed by atoms with E-state index in [1.807, 2.05) is 4.90 Å². The van der Waals surface area contributed by atoms with Crippen LogP contribution < -0.4 is 5.32 Å². The Morgan fingerprint density at radius 1 is 0.857 bits per heavy atom. The molecule has 1 saturated heterocycles. The predicted octanol–water partition coefficient (Wildman–Crippen LogP) is 2.68. The van der Waals surface area contributed by atoms with E-state index in [2.05, 4.69) is 5.32 Å². The number of benzene rings is 2. The van der Waals surface area contributed by atoms with E-state index in [9.17, 15) is 18.4 Å². The molecule has 0 unspecified atom stereocenters. The summed E-state index contributed by atoms with van der Waals surface area (Å²) in [6.45, 7) is 2.63. The average Bonchev–Trinajstić information content (AvgIpc) is 2.69. The molecule has 1 N–H and O–H groups in total. The first kappa shape index (κ1) is 19.9. The largest absolute Gasteiger partial charge is 0.340 e. The summed E-state index contributed by atoms with van der Waals surface area (Å²) in [6.07, 6.45) is 0.968. The number of hydrogen-bond acceptors (Lipinski definition) is 3. The number of piperazine rings is 1. The molecule has 0 aromatic heterocycles. The number of halogens is 2. The van der Waals surface area contributed by atoms with Crippen molar-refractivity contribution in [3.05, 3.63) is 65.7 Å². The third-order valence-electron chi connectivity index (χ3n) is 4.76. The zero-order valence-electron chi connectivity index (χ0n) is 15.5. The van der Waals surface area contributed by atoms with E-state index >= 15 is 0 Å². The predicted molar refractivity (Wildman–Crippen MR) is 103 cm³/mol. The summed E-state index contributed by atoms with van der Waals surface area (Å²) in [5.41, 5.74) is 1.49. The van der Waals surface area contributed by atoms with Crippen LogP contribution in [0.4, 0.5) is 14.5 Å². The third-order valence-corrected chi connectivity index (χ3v) is 4.76. The smallest absolute Gasteiger partial charge is 0.238 e. The van der Waals surface area contributed by atoms with E-state index in [0.717, 1.165) is 5.56 Å². The van der Waals surface area contributed by atoms with E-state index in [-0.39, 0.29) is 30.0 Å².